The monoisotopic (exact) mass is 295 g/mol. The molecule has 5 nitrogen and oxygen atoms in total. The van der Waals surface area contributed by atoms with Crippen LogP contribution in [0.3, 0.4) is 0 Å². The lowest BCUT2D eigenvalue weighted by Crippen LogP contribution is -2.19. The van der Waals surface area contributed by atoms with Gasteiger partial charge in [0, 0.05) is 18.2 Å². The van der Waals surface area contributed by atoms with Crippen molar-refractivity contribution in [3.8, 4) is 11.5 Å². The van der Waals surface area contributed by atoms with E-state index in [0.29, 0.717) is 18.9 Å². The molecule has 0 aliphatic rings. The topological polar surface area (TPSA) is 56.8 Å². The zero-order valence-corrected chi connectivity index (χ0v) is 13.3. The Morgan fingerprint density at radius 3 is 2.67 bits per heavy atom. The quantitative estimate of drug-likeness (QED) is 0.709. The SMILES string of the molecule is CCCOc1ccc(CNC)c(OCC(=O)OC(C)C)c1. The largest absolute Gasteiger partial charge is 0.493 e. The predicted molar refractivity (Wildman–Crippen MR) is 81.7 cm³/mol. The molecule has 0 aliphatic heterocycles. The Balaban J connectivity index is 2.72. The van der Waals surface area contributed by atoms with E-state index in [-0.39, 0.29) is 18.7 Å². The van der Waals surface area contributed by atoms with Gasteiger partial charge in [0.15, 0.2) is 6.61 Å². The molecule has 0 saturated heterocycles. The molecule has 1 aromatic rings. The molecule has 0 saturated carbocycles. The summed E-state index contributed by atoms with van der Waals surface area (Å²) in [6, 6.07) is 5.65. The number of hydrogen-bond donors (Lipinski definition) is 1. The molecule has 0 radical (unpaired) electrons. The normalized spacial score (nSPS) is 10.5. The number of esters is 1. The summed E-state index contributed by atoms with van der Waals surface area (Å²) in [4.78, 5) is 11.6. The zero-order chi connectivity index (χ0) is 15.7. The molecule has 0 unspecified atom stereocenters. The first-order chi connectivity index (χ1) is 10.1. The highest BCUT2D eigenvalue weighted by atomic mass is 16.6. The van der Waals surface area contributed by atoms with Crippen LogP contribution in [0.1, 0.15) is 32.8 Å². The van der Waals surface area contributed by atoms with Gasteiger partial charge in [0.1, 0.15) is 11.5 Å². The summed E-state index contributed by atoms with van der Waals surface area (Å²) < 4.78 is 16.2. The molecule has 0 heterocycles. The summed E-state index contributed by atoms with van der Waals surface area (Å²) in [5.74, 6) is 1.00. The van der Waals surface area contributed by atoms with Crippen molar-refractivity contribution in [2.24, 2.45) is 0 Å². The summed E-state index contributed by atoms with van der Waals surface area (Å²) in [7, 11) is 1.86. The standard InChI is InChI=1S/C16H25NO4/c1-5-8-19-14-7-6-13(10-17-4)15(9-14)20-11-16(18)21-12(2)3/h6-7,9,12,17H,5,8,10-11H2,1-4H3. The molecule has 0 amide bonds. The van der Waals surface area contributed by atoms with E-state index in [1.807, 2.05) is 39.1 Å². The van der Waals surface area contributed by atoms with Crippen LogP contribution >= 0.6 is 0 Å². The van der Waals surface area contributed by atoms with Crippen molar-refractivity contribution in [2.75, 3.05) is 20.3 Å². The fourth-order valence-corrected chi connectivity index (χ4v) is 1.75. The van der Waals surface area contributed by atoms with Crippen molar-refractivity contribution in [2.45, 2.75) is 39.8 Å². The van der Waals surface area contributed by atoms with Crippen LogP contribution < -0.4 is 14.8 Å². The van der Waals surface area contributed by atoms with Gasteiger partial charge in [0.05, 0.1) is 12.7 Å². The maximum Gasteiger partial charge on any atom is 0.344 e. The summed E-state index contributed by atoms with van der Waals surface area (Å²) in [6.07, 6.45) is 0.798. The Kier molecular flexibility index (Phi) is 7.61. The number of carbonyl (C=O) groups excluding carboxylic acids is 1. The van der Waals surface area contributed by atoms with Crippen molar-refractivity contribution in [1.29, 1.82) is 0 Å². The molecule has 0 aromatic heterocycles. The highest BCUT2D eigenvalue weighted by Gasteiger charge is 2.10. The van der Waals surface area contributed by atoms with E-state index in [1.165, 1.54) is 0 Å². The first kappa shape index (κ1) is 17.3. The van der Waals surface area contributed by atoms with E-state index in [4.69, 9.17) is 14.2 Å². The van der Waals surface area contributed by atoms with Gasteiger partial charge in [-0.05, 0) is 33.4 Å². The molecule has 5 heteroatoms. The van der Waals surface area contributed by atoms with Crippen LogP contribution in [0.15, 0.2) is 18.2 Å². The smallest absolute Gasteiger partial charge is 0.344 e. The minimum absolute atomic E-state index is 0.105. The highest BCUT2D eigenvalue weighted by molar-refractivity contribution is 5.71. The van der Waals surface area contributed by atoms with Crippen LogP contribution in [0, 0.1) is 0 Å². The predicted octanol–water partition coefficient (Wildman–Crippen LogP) is 2.53. The number of rotatable bonds is 9. The van der Waals surface area contributed by atoms with Gasteiger partial charge < -0.3 is 19.5 Å². The minimum Gasteiger partial charge on any atom is -0.493 e. The van der Waals surface area contributed by atoms with E-state index in [9.17, 15) is 4.79 Å². The van der Waals surface area contributed by atoms with Crippen molar-refractivity contribution in [3.05, 3.63) is 23.8 Å². The van der Waals surface area contributed by atoms with Gasteiger partial charge in [-0.1, -0.05) is 13.0 Å². The molecule has 1 N–H and O–H groups in total. The van der Waals surface area contributed by atoms with Crippen molar-refractivity contribution < 1.29 is 19.0 Å². The van der Waals surface area contributed by atoms with Crippen LogP contribution in [0.25, 0.3) is 0 Å². The maximum absolute atomic E-state index is 11.6. The van der Waals surface area contributed by atoms with Crippen molar-refractivity contribution in [1.82, 2.24) is 5.32 Å². The second-order valence-electron chi connectivity index (χ2n) is 4.98. The lowest BCUT2D eigenvalue weighted by atomic mass is 10.2. The van der Waals surface area contributed by atoms with E-state index in [0.717, 1.165) is 17.7 Å². The third-order valence-corrected chi connectivity index (χ3v) is 2.59. The van der Waals surface area contributed by atoms with Crippen LogP contribution in [0.4, 0.5) is 0 Å². The van der Waals surface area contributed by atoms with Crippen LogP contribution in [0.5, 0.6) is 11.5 Å². The second-order valence-corrected chi connectivity index (χ2v) is 4.98. The molecule has 0 bridgehead atoms. The first-order valence-corrected chi connectivity index (χ1v) is 7.29. The molecule has 118 valence electrons. The Morgan fingerprint density at radius 1 is 1.29 bits per heavy atom. The van der Waals surface area contributed by atoms with Gasteiger partial charge >= 0.3 is 5.97 Å². The van der Waals surface area contributed by atoms with Crippen molar-refractivity contribution in [3.63, 3.8) is 0 Å². The van der Waals surface area contributed by atoms with Crippen molar-refractivity contribution >= 4 is 5.97 Å². The van der Waals surface area contributed by atoms with Crippen LogP contribution in [-0.2, 0) is 16.1 Å². The van der Waals surface area contributed by atoms with Gasteiger partial charge in [-0.25, -0.2) is 4.79 Å². The number of benzene rings is 1. The average Bonchev–Trinajstić information content (AvgIpc) is 2.44. The Bertz CT molecular complexity index is 446. The minimum atomic E-state index is -0.375. The fraction of sp³-hybridized carbons (Fsp3) is 0.562. The first-order valence-electron chi connectivity index (χ1n) is 7.29. The third-order valence-electron chi connectivity index (χ3n) is 2.59. The molecule has 0 fully saturated rings. The van der Waals surface area contributed by atoms with E-state index >= 15 is 0 Å². The van der Waals surface area contributed by atoms with E-state index in [1.54, 1.807) is 0 Å². The van der Waals surface area contributed by atoms with Gasteiger partial charge in [-0.2, -0.15) is 0 Å². The number of hydrogen-bond acceptors (Lipinski definition) is 5. The maximum atomic E-state index is 11.6. The molecule has 0 aliphatic carbocycles. The molecular formula is C16H25NO4. The Labute approximate surface area is 126 Å². The van der Waals surface area contributed by atoms with Crippen LogP contribution in [0.2, 0.25) is 0 Å². The molecule has 1 aromatic carbocycles. The van der Waals surface area contributed by atoms with Gasteiger partial charge in [0.2, 0.25) is 0 Å². The second kappa shape index (κ2) is 9.23. The molecule has 0 atom stereocenters. The summed E-state index contributed by atoms with van der Waals surface area (Å²) >= 11 is 0. The molecule has 21 heavy (non-hydrogen) atoms. The van der Waals surface area contributed by atoms with Gasteiger partial charge in [0.25, 0.3) is 0 Å². The Hall–Kier alpha value is -1.75. The number of ether oxygens (including phenoxy) is 3. The average molecular weight is 295 g/mol. The number of carbonyl (C=O) groups is 1. The van der Waals surface area contributed by atoms with E-state index in [2.05, 4.69) is 12.2 Å². The van der Waals surface area contributed by atoms with Gasteiger partial charge in [-0.15, -0.1) is 0 Å². The molecule has 1 rings (SSSR count). The lowest BCUT2D eigenvalue weighted by Gasteiger charge is -2.14. The summed E-state index contributed by atoms with van der Waals surface area (Å²) in [6.45, 7) is 6.87. The number of nitrogens with one attached hydrogen (secondary N) is 1. The van der Waals surface area contributed by atoms with Crippen LogP contribution in [-0.4, -0.2) is 32.3 Å². The Morgan fingerprint density at radius 2 is 2.05 bits per heavy atom. The van der Waals surface area contributed by atoms with Gasteiger partial charge in [-0.3, -0.25) is 0 Å². The zero-order valence-electron chi connectivity index (χ0n) is 13.3. The molecule has 0 spiro atoms. The highest BCUT2D eigenvalue weighted by Crippen LogP contribution is 2.25. The third kappa shape index (κ3) is 6.49. The molecular weight excluding hydrogens is 270 g/mol. The lowest BCUT2D eigenvalue weighted by molar-refractivity contribution is -0.149. The summed E-state index contributed by atoms with van der Waals surface area (Å²) in [5.41, 5.74) is 0.971. The van der Waals surface area contributed by atoms with E-state index < -0.39 is 0 Å². The fourth-order valence-electron chi connectivity index (χ4n) is 1.75. The summed E-state index contributed by atoms with van der Waals surface area (Å²) in [5, 5.41) is 3.07.